The Balaban J connectivity index is 1.70. The van der Waals surface area contributed by atoms with E-state index >= 15 is 0 Å². The molecule has 0 spiro atoms. The van der Waals surface area contributed by atoms with Crippen molar-refractivity contribution in [3.63, 3.8) is 0 Å². The van der Waals surface area contributed by atoms with Crippen molar-refractivity contribution in [2.24, 2.45) is 0 Å². The number of thioether (sulfide) groups is 1. The summed E-state index contributed by atoms with van der Waals surface area (Å²) in [4.78, 5) is 12.3. The van der Waals surface area contributed by atoms with Crippen LogP contribution in [0.3, 0.4) is 0 Å². The number of benzene rings is 1. The molecule has 1 saturated heterocycles. The Hall–Kier alpha value is -1.95. The van der Waals surface area contributed by atoms with Crippen molar-refractivity contribution >= 4 is 33.4 Å². The first-order valence-corrected chi connectivity index (χ1v) is 12.6. The van der Waals surface area contributed by atoms with Crippen molar-refractivity contribution in [2.45, 2.75) is 30.5 Å². The number of aromatic nitrogens is 3. The molecule has 1 atom stereocenters. The molecule has 30 heavy (non-hydrogen) atoms. The predicted molar refractivity (Wildman–Crippen MR) is 116 cm³/mol. The second kappa shape index (κ2) is 10.4. The molecular weight excluding hydrogens is 426 g/mol. The number of nitrogens with one attached hydrogen (secondary N) is 1. The molecule has 164 valence electrons. The van der Waals surface area contributed by atoms with Crippen molar-refractivity contribution < 1.29 is 17.9 Å². The molecule has 1 aliphatic rings. The topological polar surface area (TPSA) is 106 Å². The van der Waals surface area contributed by atoms with Crippen LogP contribution in [0.5, 0.6) is 0 Å². The Bertz CT molecular complexity index is 949. The Morgan fingerprint density at radius 2 is 2.07 bits per heavy atom. The summed E-state index contributed by atoms with van der Waals surface area (Å²) in [5.74, 6) is 0.770. The summed E-state index contributed by atoms with van der Waals surface area (Å²) in [7, 11) is -1.63. The van der Waals surface area contributed by atoms with Crippen molar-refractivity contribution in [1.29, 1.82) is 0 Å². The summed E-state index contributed by atoms with van der Waals surface area (Å²) in [5.41, 5.74) is 0.743. The van der Waals surface area contributed by atoms with Crippen molar-refractivity contribution in [2.75, 3.05) is 44.1 Å². The molecule has 1 aromatic carbocycles. The Morgan fingerprint density at radius 1 is 1.30 bits per heavy atom. The van der Waals surface area contributed by atoms with Gasteiger partial charge in [-0.2, -0.15) is 0 Å². The average Bonchev–Trinajstić information content (AvgIpc) is 3.13. The van der Waals surface area contributed by atoms with Crippen LogP contribution in [-0.4, -0.2) is 72.2 Å². The molecule has 2 aromatic rings. The number of hydrogen-bond donors (Lipinski definition) is 1. The van der Waals surface area contributed by atoms with Gasteiger partial charge in [-0.05, 0) is 25.0 Å². The molecule has 1 aliphatic heterocycles. The highest BCUT2D eigenvalue weighted by atomic mass is 32.2. The Labute approximate surface area is 181 Å². The zero-order valence-electron chi connectivity index (χ0n) is 17.2. The molecule has 0 radical (unpaired) electrons. The highest BCUT2D eigenvalue weighted by Crippen LogP contribution is 2.29. The van der Waals surface area contributed by atoms with Gasteiger partial charge in [-0.1, -0.05) is 30.0 Å². The van der Waals surface area contributed by atoms with Crippen LogP contribution in [0.1, 0.15) is 24.6 Å². The van der Waals surface area contributed by atoms with Gasteiger partial charge in [0.15, 0.2) is 5.16 Å². The first kappa shape index (κ1) is 22.7. The quantitative estimate of drug-likeness (QED) is 0.577. The molecule has 1 fully saturated rings. The maximum atomic E-state index is 12.3. The van der Waals surface area contributed by atoms with E-state index in [1.54, 1.807) is 7.11 Å². The van der Waals surface area contributed by atoms with E-state index in [2.05, 4.69) is 15.5 Å². The molecule has 1 N–H and O–H groups in total. The monoisotopic (exact) mass is 453 g/mol. The van der Waals surface area contributed by atoms with E-state index in [0.717, 1.165) is 24.4 Å². The number of amides is 1. The molecule has 1 amide bonds. The molecule has 9 nitrogen and oxygen atoms in total. The molecule has 11 heteroatoms. The molecule has 0 aliphatic carbocycles. The van der Waals surface area contributed by atoms with Crippen LogP contribution < -0.4 is 5.32 Å². The normalized spacial score (nSPS) is 17.7. The smallest absolute Gasteiger partial charge is 0.234 e. The number of sulfonamides is 1. The number of carbonyl (C=O) groups is 1. The van der Waals surface area contributed by atoms with Gasteiger partial charge >= 0.3 is 0 Å². The molecule has 0 bridgehead atoms. The van der Waals surface area contributed by atoms with E-state index in [-0.39, 0.29) is 17.6 Å². The maximum absolute atomic E-state index is 12.3. The SMILES string of the molecule is COCCn1c(SCC(=O)Nc2ccccc2)nnc1[C@@H]1CCCN(S(C)(=O)=O)C1. The maximum Gasteiger partial charge on any atom is 0.234 e. The minimum atomic E-state index is -3.25. The molecule has 0 saturated carbocycles. The summed E-state index contributed by atoms with van der Waals surface area (Å²) in [6.07, 6.45) is 2.85. The van der Waals surface area contributed by atoms with Crippen LogP contribution in [0.2, 0.25) is 0 Å². The number of ether oxygens (including phenoxy) is 1. The number of anilines is 1. The van der Waals surface area contributed by atoms with Crippen LogP contribution in [0.25, 0.3) is 0 Å². The van der Waals surface area contributed by atoms with Gasteiger partial charge in [-0.3, -0.25) is 4.79 Å². The molecule has 1 aromatic heterocycles. The fraction of sp³-hybridized carbons (Fsp3) is 0.526. The zero-order chi connectivity index (χ0) is 21.6. The number of nitrogens with zero attached hydrogens (tertiary/aromatic N) is 4. The van der Waals surface area contributed by atoms with E-state index in [1.165, 1.54) is 22.3 Å². The van der Waals surface area contributed by atoms with Crippen LogP contribution in [0.4, 0.5) is 5.69 Å². The average molecular weight is 454 g/mol. The third-order valence-electron chi connectivity index (χ3n) is 4.87. The lowest BCUT2D eigenvalue weighted by Crippen LogP contribution is -2.39. The summed E-state index contributed by atoms with van der Waals surface area (Å²) in [6.45, 7) is 1.93. The number of methoxy groups -OCH3 is 1. The number of carbonyl (C=O) groups excluding carboxylic acids is 1. The molecule has 2 heterocycles. The van der Waals surface area contributed by atoms with Gasteiger partial charge in [0, 0.05) is 38.3 Å². The third-order valence-corrected chi connectivity index (χ3v) is 7.11. The lowest BCUT2D eigenvalue weighted by molar-refractivity contribution is -0.113. The predicted octanol–water partition coefficient (Wildman–Crippen LogP) is 1.79. The fourth-order valence-corrected chi connectivity index (χ4v) is 5.09. The lowest BCUT2D eigenvalue weighted by atomic mass is 9.99. The van der Waals surface area contributed by atoms with Crippen LogP contribution >= 0.6 is 11.8 Å². The summed E-state index contributed by atoms with van der Waals surface area (Å²) >= 11 is 1.31. The molecule has 0 unspecified atom stereocenters. The van der Waals surface area contributed by atoms with Gasteiger partial charge in [0.1, 0.15) is 5.82 Å². The number of hydrogen-bond acceptors (Lipinski definition) is 7. The zero-order valence-corrected chi connectivity index (χ0v) is 18.8. The van der Waals surface area contributed by atoms with E-state index < -0.39 is 10.0 Å². The van der Waals surface area contributed by atoms with E-state index in [4.69, 9.17) is 4.74 Å². The summed E-state index contributed by atoms with van der Waals surface area (Å²) in [6, 6.07) is 9.28. The van der Waals surface area contributed by atoms with Gasteiger partial charge in [0.05, 0.1) is 18.6 Å². The van der Waals surface area contributed by atoms with Crippen molar-refractivity contribution in [1.82, 2.24) is 19.1 Å². The van der Waals surface area contributed by atoms with Crippen LogP contribution in [0.15, 0.2) is 35.5 Å². The van der Waals surface area contributed by atoms with E-state index in [9.17, 15) is 13.2 Å². The largest absolute Gasteiger partial charge is 0.383 e. The van der Waals surface area contributed by atoms with Crippen LogP contribution in [0, 0.1) is 0 Å². The van der Waals surface area contributed by atoms with Crippen LogP contribution in [-0.2, 0) is 26.1 Å². The number of piperidine rings is 1. The van der Waals surface area contributed by atoms with Gasteiger partial charge in [0.2, 0.25) is 15.9 Å². The minimum Gasteiger partial charge on any atom is -0.383 e. The first-order valence-electron chi connectivity index (χ1n) is 9.73. The molecule has 3 rings (SSSR count). The second-order valence-corrected chi connectivity index (χ2v) is 10.1. The van der Waals surface area contributed by atoms with Gasteiger partial charge in [-0.25, -0.2) is 12.7 Å². The molecular formula is C19H27N5O4S2. The Morgan fingerprint density at radius 3 is 2.77 bits per heavy atom. The number of para-hydroxylation sites is 1. The summed E-state index contributed by atoms with van der Waals surface area (Å²) in [5, 5.41) is 12.1. The third kappa shape index (κ3) is 6.03. The van der Waals surface area contributed by atoms with Gasteiger partial charge in [0.25, 0.3) is 0 Å². The highest BCUT2D eigenvalue weighted by molar-refractivity contribution is 7.99. The standard InChI is InChI=1S/C19H27N5O4S2/c1-28-12-11-24-18(15-7-6-10-23(13-15)30(2,26)27)21-22-19(24)29-14-17(25)20-16-8-4-3-5-9-16/h3-5,8-9,15H,6-7,10-14H2,1-2H3,(H,20,25)/t15-/m1/s1. The van der Waals surface area contributed by atoms with Gasteiger partial charge < -0.3 is 14.6 Å². The Kier molecular flexibility index (Phi) is 7.87. The number of rotatable bonds is 9. The summed E-state index contributed by atoms with van der Waals surface area (Å²) < 4.78 is 32.6. The van der Waals surface area contributed by atoms with E-state index in [1.807, 2.05) is 34.9 Å². The van der Waals surface area contributed by atoms with Crippen molar-refractivity contribution in [3.8, 4) is 0 Å². The fourth-order valence-electron chi connectivity index (χ4n) is 3.40. The van der Waals surface area contributed by atoms with Crippen molar-refractivity contribution in [3.05, 3.63) is 36.2 Å². The second-order valence-electron chi connectivity index (χ2n) is 7.15. The minimum absolute atomic E-state index is 0.0367. The highest BCUT2D eigenvalue weighted by Gasteiger charge is 2.30. The first-order chi connectivity index (χ1) is 14.4. The lowest BCUT2D eigenvalue weighted by Gasteiger charge is -2.30. The van der Waals surface area contributed by atoms with Gasteiger partial charge in [-0.15, -0.1) is 10.2 Å². The van der Waals surface area contributed by atoms with E-state index in [0.29, 0.717) is 31.4 Å².